The van der Waals surface area contributed by atoms with E-state index < -0.39 is 0 Å². The molecule has 0 aliphatic carbocycles. The zero-order valence-corrected chi connectivity index (χ0v) is 17.1. The topological polar surface area (TPSA) is 85.2 Å². The van der Waals surface area contributed by atoms with Gasteiger partial charge in [-0.05, 0) is 37.5 Å². The van der Waals surface area contributed by atoms with Crippen molar-refractivity contribution in [3.05, 3.63) is 63.3 Å². The maximum absolute atomic E-state index is 12.9. The Hall–Kier alpha value is -2.38. The number of rotatable bonds is 4. The van der Waals surface area contributed by atoms with E-state index in [0.29, 0.717) is 39.6 Å². The van der Waals surface area contributed by atoms with Crippen LogP contribution >= 0.6 is 22.9 Å². The highest BCUT2D eigenvalue weighted by Crippen LogP contribution is 2.30. The Bertz CT molecular complexity index is 1000. The molecule has 1 aliphatic heterocycles. The molecule has 0 saturated carbocycles. The lowest BCUT2D eigenvalue weighted by Gasteiger charge is -2.31. The number of carbonyl (C=O) groups is 1. The number of aryl methyl sites for hydroxylation is 1. The first-order valence-corrected chi connectivity index (χ1v) is 10.4. The molecule has 0 radical (unpaired) electrons. The van der Waals surface area contributed by atoms with E-state index in [1.165, 1.54) is 11.3 Å². The van der Waals surface area contributed by atoms with Gasteiger partial charge < -0.3 is 15.1 Å². The Morgan fingerprint density at radius 3 is 3.07 bits per heavy atom. The Morgan fingerprint density at radius 2 is 2.32 bits per heavy atom. The van der Waals surface area contributed by atoms with Crippen LogP contribution in [0.2, 0.25) is 5.02 Å². The molecule has 0 spiro atoms. The predicted octanol–water partition coefficient (Wildman–Crippen LogP) is 4.29. The third-order valence-corrected chi connectivity index (χ3v) is 6.11. The van der Waals surface area contributed by atoms with E-state index in [1.807, 2.05) is 36.1 Å². The van der Waals surface area contributed by atoms with Gasteiger partial charge in [0.2, 0.25) is 0 Å². The van der Waals surface area contributed by atoms with Crippen LogP contribution in [0.3, 0.4) is 0 Å². The third kappa shape index (κ3) is 4.05. The van der Waals surface area contributed by atoms with Crippen molar-refractivity contribution >= 4 is 34.0 Å². The van der Waals surface area contributed by atoms with Gasteiger partial charge in [-0.3, -0.25) is 4.79 Å². The number of likely N-dealkylation sites (tertiary alicyclic amines) is 1. The van der Waals surface area contributed by atoms with E-state index in [0.717, 1.165) is 30.7 Å². The molecule has 3 aromatic rings. The molecule has 1 atom stereocenters. The van der Waals surface area contributed by atoms with Crippen LogP contribution in [0.15, 0.2) is 34.9 Å². The van der Waals surface area contributed by atoms with Gasteiger partial charge in [0, 0.05) is 24.5 Å². The largest absolute Gasteiger partial charge is 0.445 e. The second kappa shape index (κ2) is 7.93. The first-order valence-electron chi connectivity index (χ1n) is 9.21. The van der Waals surface area contributed by atoms with Crippen LogP contribution in [0, 0.1) is 6.92 Å². The molecule has 1 amide bonds. The molecule has 2 N–H and O–H groups in total. The fourth-order valence-corrected chi connectivity index (χ4v) is 4.58. The summed E-state index contributed by atoms with van der Waals surface area (Å²) in [6, 6.07) is 7.71. The Labute approximate surface area is 172 Å². The van der Waals surface area contributed by atoms with Crippen LogP contribution in [0.25, 0.3) is 0 Å². The maximum Gasteiger partial charge on any atom is 0.265 e. The lowest BCUT2D eigenvalue weighted by atomic mass is 9.98. The number of halogens is 1. The number of aromatic nitrogens is 2. The summed E-state index contributed by atoms with van der Waals surface area (Å²) in [6.07, 6.45) is 4.27. The molecule has 2 aromatic heterocycles. The molecule has 1 fully saturated rings. The van der Waals surface area contributed by atoms with E-state index in [4.69, 9.17) is 21.8 Å². The number of amides is 1. The van der Waals surface area contributed by atoms with Crippen molar-refractivity contribution in [2.24, 2.45) is 0 Å². The maximum atomic E-state index is 12.9. The number of nitrogens with zero attached hydrogens (tertiary/aromatic N) is 3. The van der Waals surface area contributed by atoms with Gasteiger partial charge in [-0.15, -0.1) is 0 Å². The number of oxazole rings is 1. The molecule has 1 aliphatic rings. The summed E-state index contributed by atoms with van der Waals surface area (Å²) in [6.45, 7) is 3.13. The normalized spacial score (nSPS) is 17.1. The first-order chi connectivity index (χ1) is 13.5. The lowest BCUT2D eigenvalue weighted by molar-refractivity contribution is 0.0702. The van der Waals surface area contributed by atoms with E-state index in [1.54, 1.807) is 6.20 Å². The number of thiazole rings is 1. The fourth-order valence-electron chi connectivity index (χ4n) is 3.56. The number of carbonyl (C=O) groups excluding carboxylic acids is 1. The van der Waals surface area contributed by atoms with Gasteiger partial charge in [0.1, 0.15) is 10.6 Å². The van der Waals surface area contributed by atoms with Crippen LogP contribution in [0.1, 0.15) is 51.3 Å². The summed E-state index contributed by atoms with van der Waals surface area (Å²) in [7, 11) is 0. The van der Waals surface area contributed by atoms with E-state index in [9.17, 15) is 4.79 Å². The number of anilines is 1. The van der Waals surface area contributed by atoms with Crippen molar-refractivity contribution in [1.82, 2.24) is 14.9 Å². The number of hydrogen-bond donors (Lipinski definition) is 1. The minimum absolute atomic E-state index is 0.0119. The van der Waals surface area contributed by atoms with Gasteiger partial charge in [-0.25, -0.2) is 9.97 Å². The molecule has 8 heteroatoms. The number of benzene rings is 1. The number of hydrogen-bond acceptors (Lipinski definition) is 6. The summed E-state index contributed by atoms with van der Waals surface area (Å²) >= 11 is 7.30. The summed E-state index contributed by atoms with van der Waals surface area (Å²) < 4.78 is 6.01. The average molecular weight is 417 g/mol. The van der Waals surface area contributed by atoms with Gasteiger partial charge in [-0.1, -0.05) is 35.1 Å². The summed E-state index contributed by atoms with van der Waals surface area (Å²) in [5.41, 5.74) is 7.51. The Kier molecular flexibility index (Phi) is 5.37. The standard InChI is InChI=1S/C20H21ClN4O2S/c1-12-17(28-20(22)24-12)19(26)25-7-3-5-14(11-25)18-23-10-16(27-18)9-13-4-2-6-15(21)8-13/h2,4,6,8,10,14H,3,5,7,9,11H2,1H3,(H2,22,24)/t14-/m1/s1. The lowest BCUT2D eigenvalue weighted by Crippen LogP contribution is -2.39. The van der Waals surface area contributed by atoms with Crippen LogP contribution in [-0.4, -0.2) is 33.9 Å². The smallest absolute Gasteiger partial charge is 0.265 e. The number of nitrogens with two attached hydrogens (primary N) is 1. The van der Waals surface area contributed by atoms with E-state index >= 15 is 0 Å². The molecule has 6 nitrogen and oxygen atoms in total. The van der Waals surface area contributed by atoms with Crippen LogP contribution in [0.4, 0.5) is 5.13 Å². The first kappa shape index (κ1) is 19.0. The highest BCUT2D eigenvalue weighted by Gasteiger charge is 2.30. The molecule has 3 heterocycles. The molecule has 4 rings (SSSR count). The second-order valence-corrected chi connectivity index (χ2v) is 8.50. The Morgan fingerprint density at radius 1 is 1.46 bits per heavy atom. The van der Waals surface area contributed by atoms with Gasteiger partial charge in [0.15, 0.2) is 11.0 Å². The minimum atomic E-state index is -0.0119. The number of nitrogen functional groups attached to an aromatic ring is 1. The average Bonchev–Trinajstić information content (AvgIpc) is 3.27. The molecule has 1 aromatic carbocycles. The minimum Gasteiger partial charge on any atom is -0.445 e. The summed E-state index contributed by atoms with van der Waals surface area (Å²) in [5, 5.41) is 1.13. The predicted molar refractivity (Wildman–Crippen MR) is 110 cm³/mol. The van der Waals surface area contributed by atoms with Crippen molar-refractivity contribution in [3.63, 3.8) is 0 Å². The number of piperidine rings is 1. The van der Waals surface area contributed by atoms with Crippen molar-refractivity contribution < 1.29 is 9.21 Å². The highest BCUT2D eigenvalue weighted by molar-refractivity contribution is 7.17. The summed E-state index contributed by atoms with van der Waals surface area (Å²) in [5.74, 6) is 1.57. The quantitative estimate of drug-likeness (QED) is 0.685. The van der Waals surface area contributed by atoms with Gasteiger partial charge in [0.05, 0.1) is 17.8 Å². The molecule has 0 unspecified atom stereocenters. The summed E-state index contributed by atoms with van der Waals surface area (Å²) in [4.78, 5) is 24.0. The van der Waals surface area contributed by atoms with Crippen LogP contribution in [0.5, 0.6) is 0 Å². The monoisotopic (exact) mass is 416 g/mol. The fraction of sp³-hybridized carbons (Fsp3) is 0.350. The zero-order chi connectivity index (χ0) is 19.7. The van der Waals surface area contributed by atoms with Crippen LogP contribution < -0.4 is 5.73 Å². The van der Waals surface area contributed by atoms with Crippen molar-refractivity contribution in [2.45, 2.75) is 32.1 Å². The molecular weight excluding hydrogens is 396 g/mol. The van der Waals surface area contributed by atoms with E-state index in [2.05, 4.69) is 9.97 Å². The van der Waals surface area contributed by atoms with Crippen molar-refractivity contribution in [1.29, 1.82) is 0 Å². The van der Waals surface area contributed by atoms with Gasteiger partial charge >= 0.3 is 0 Å². The Balaban J connectivity index is 1.45. The molecule has 28 heavy (non-hydrogen) atoms. The molecule has 146 valence electrons. The molecular formula is C20H21ClN4O2S. The SMILES string of the molecule is Cc1nc(N)sc1C(=O)N1CCC[C@@H](c2ncc(Cc3cccc(Cl)c3)o2)C1. The van der Waals surface area contributed by atoms with E-state index in [-0.39, 0.29) is 11.8 Å². The highest BCUT2D eigenvalue weighted by atomic mass is 35.5. The van der Waals surface area contributed by atoms with Gasteiger partial charge in [-0.2, -0.15) is 0 Å². The molecule has 0 bridgehead atoms. The van der Waals surface area contributed by atoms with Crippen molar-refractivity contribution in [3.8, 4) is 0 Å². The van der Waals surface area contributed by atoms with Crippen LogP contribution in [-0.2, 0) is 6.42 Å². The third-order valence-electron chi connectivity index (χ3n) is 4.90. The molecule has 1 saturated heterocycles. The van der Waals surface area contributed by atoms with Gasteiger partial charge in [0.25, 0.3) is 5.91 Å². The second-order valence-electron chi connectivity index (χ2n) is 7.03. The van der Waals surface area contributed by atoms with Crippen molar-refractivity contribution in [2.75, 3.05) is 18.8 Å². The zero-order valence-electron chi connectivity index (χ0n) is 15.5.